The summed E-state index contributed by atoms with van der Waals surface area (Å²) in [5, 5.41) is 14.9. The molecule has 0 unspecified atom stereocenters. The van der Waals surface area contributed by atoms with E-state index in [-0.39, 0.29) is 18.2 Å². The molecule has 0 spiro atoms. The number of aromatic nitrogens is 1. The minimum absolute atomic E-state index is 0.133. The molecule has 0 saturated heterocycles. The number of amides is 2. The molecule has 1 aromatic heterocycles. The van der Waals surface area contributed by atoms with Crippen LogP contribution in [0.3, 0.4) is 0 Å². The summed E-state index contributed by atoms with van der Waals surface area (Å²) in [7, 11) is 0. The van der Waals surface area contributed by atoms with Crippen molar-refractivity contribution in [3.63, 3.8) is 0 Å². The molecule has 0 bridgehead atoms. The van der Waals surface area contributed by atoms with Gasteiger partial charge >= 0.3 is 0 Å². The maximum atomic E-state index is 12.2. The first-order chi connectivity index (χ1) is 13.5. The van der Waals surface area contributed by atoms with Crippen LogP contribution >= 0.6 is 11.3 Å². The lowest BCUT2D eigenvalue weighted by Gasteiger charge is -2.05. The van der Waals surface area contributed by atoms with E-state index < -0.39 is 0 Å². The van der Waals surface area contributed by atoms with Gasteiger partial charge in [-0.05, 0) is 35.4 Å². The van der Waals surface area contributed by atoms with E-state index in [4.69, 9.17) is 5.26 Å². The van der Waals surface area contributed by atoms with Crippen molar-refractivity contribution in [3.05, 3.63) is 76.3 Å². The molecule has 0 fully saturated rings. The predicted molar refractivity (Wildman–Crippen MR) is 109 cm³/mol. The lowest BCUT2D eigenvalue weighted by molar-refractivity contribution is -0.116. The van der Waals surface area contributed by atoms with Crippen LogP contribution in [0.4, 0.5) is 10.8 Å². The van der Waals surface area contributed by atoms with Gasteiger partial charge in [0.1, 0.15) is 0 Å². The van der Waals surface area contributed by atoms with E-state index in [0.29, 0.717) is 22.8 Å². The quantitative estimate of drug-likeness (QED) is 0.670. The van der Waals surface area contributed by atoms with Crippen LogP contribution in [-0.2, 0) is 22.4 Å². The van der Waals surface area contributed by atoms with Gasteiger partial charge in [-0.2, -0.15) is 5.26 Å². The number of nitrogens with one attached hydrogen (secondary N) is 2. The third kappa shape index (κ3) is 5.50. The van der Waals surface area contributed by atoms with Crippen LogP contribution < -0.4 is 10.6 Å². The van der Waals surface area contributed by atoms with Gasteiger partial charge in [-0.25, -0.2) is 4.98 Å². The van der Waals surface area contributed by atoms with Gasteiger partial charge in [0.2, 0.25) is 11.8 Å². The van der Waals surface area contributed by atoms with Crippen LogP contribution in [0, 0.1) is 11.3 Å². The molecule has 0 saturated carbocycles. The van der Waals surface area contributed by atoms with E-state index in [9.17, 15) is 9.59 Å². The van der Waals surface area contributed by atoms with E-state index in [0.717, 1.165) is 16.0 Å². The van der Waals surface area contributed by atoms with Crippen molar-refractivity contribution in [3.8, 4) is 6.07 Å². The average molecular weight is 390 g/mol. The molecule has 2 amide bonds. The lowest BCUT2D eigenvalue weighted by atomic mass is 10.1. The molecule has 28 heavy (non-hydrogen) atoms. The second-order valence-corrected chi connectivity index (χ2v) is 7.34. The van der Waals surface area contributed by atoms with Crippen LogP contribution in [0.1, 0.15) is 28.5 Å². The van der Waals surface area contributed by atoms with Crippen molar-refractivity contribution in [1.29, 1.82) is 5.26 Å². The maximum Gasteiger partial charge on any atom is 0.230 e. The molecule has 0 radical (unpaired) electrons. The zero-order chi connectivity index (χ0) is 19.9. The van der Waals surface area contributed by atoms with Crippen molar-refractivity contribution in [2.75, 3.05) is 10.6 Å². The monoisotopic (exact) mass is 390 g/mol. The number of thiazole rings is 1. The van der Waals surface area contributed by atoms with Crippen LogP contribution in [0.2, 0.25) is 0 Å². The van der Waals surface area contributed by atoms with Gasteiger partial charge in [-0.15, -0.1) is 11.3 Å². The van der Waals surface area contributed by atoms with Crippen LogP contribution in [-0.4, -0.2) is 16.8 Å². The van der Waals surface area contributed by atoms with Gasteiger partial charge < -0.3 is 10.6 Å². The van der Waals surface area contributed by atoms with Gasteiger partial charge in [-0.1, -0.05) is 24.3 Å². The smallest absolute Gasteiger partial charge is 0.230 e. The number of anilines is 2. The fraction of sp³-hybridized carbons (Fsp3) is 0.143. The predicted octanol–water partition coefficient (Wildman–Crippen LogP) is 3.75. The average Bonchev–Trinajstić information content (AvgIpc) is 3.10. The van der Waals surface area contributed by atoms with E-state index in [1.54, 1.807) is 30.5 Å². The SMILES string of the molecule is CC(=O)Nc1ccc(CC(=O)Nc2ncc(Cc3ccc(C#N)cc3)s2)cc1. The van der Waals surface area contributed by atoms with Crippen LogP contribution in [0.15, 0.2) is 54.7 Å². The topological polar surface area (TPSA) is 94.9 Å². The molecule has 2 aromatic carbocycles. The Morgan fingerprint density at radius 3 is 2.36 bits per heavy atom. The largest absolute Gasteiger partial charge is 0.326 e. The highest BCUT2D eigenvalue weighted by Gasteiger charge is 2.09. The minimum atomic E-state index is -0.147. The third-order valence-electron chi connectivity index (χ3n) is 3.90. The number of nitriles is 1. The first-order valence-electron chi connectivity index (χ1n) is 8.62. The van der Waals surface area contributed by atoms with Gasteiger partial charge in [0, 0.05) is 30.1 Å². The number of hydrogen-bond donors (Lipinski definition) is 2. The normalized spacial score (nSPS) is 10.1. The molecule has 0 aliphatic rings. The van der Waals surface area contributed by atoms with Crippen molar-refractivity contribution in [2.45, 2.75) is 19.8 Å². The van der Waals surface area contributed by atoms with Gasteiger partial charge in [0.15, 0.2) is 5.13 Å². The molecule has 0 aliphatic heterocycles. The Morgan fingerprint density at radius 1 is 1.04 bits per heavy atom. The van der Waals surface area contributed by atoms with Crippen molar-refractivity contribution >= 4 is 34.0 Å². The summed E-state index contributed by atoms with van der Waals surface area (Å²) >= 11 is 1.43. The molecule has 140 valence electrons. The van der Waals surface area contributed by atoms with Crippen molar-refractivity contribution < 1.29 is 9.59 Å². The highest BCUT2D eigenvalue weighted by Crippen LogP contribution is 2.22. The molecule has 0 atom stereocenters. The van der Waals surface area contributed by atoms with Gasteiger partial charge in [0.25, 0.3) is 0 Å². The molecular formula is C21H18N4O2S. The molecule has 3 rings (SSSR count). The third-order valence-corrected chi connectivity index (χ3v) is 4.81. The van der Waals surface area contributed by atoms with Gasteiger partial charge in [0.05, 0.1) is 18.1 Å². The summed E-state index contributed by atoms with van der Waals surface area (Å²) in [6, 6.07) is 16.7. The zero-order valence-electron chi connectivity index (χ0n) is 15.2. The second kappa shape index (κ2) is 8.93. The fourth-order valence-electron chi connectivity index (χ4n) is 2.60. The molecular weight excluding hydrogens is 372 g/mol. The highest BCUT2D eigenvalue weighted by molar-refractivity contribution is 7.15. The Kier molecular flexibility index (Phi) is 6.14. The van der Waals surface area contributed by atoms with E-state index >= 15 is 0 Å². The summed E-state index contributed by atoms with van der Waals surface area (Å²) in [5.41, 5.74) is 3.26. The number of carbonyl (C=O) groups is 2. The first kappa shape index (κ1) is 19.3. The molecule has 3 aromatic rings. The Labute approximate surface area is 166 Å². The Bertz CT molecular complexity index is 1020. The summed E-state index contributed by atoms with van der Waals surface area (Å²) in [4.78, 5) is 28.6. The number of nitrogens with zero attached hydrogens (tertiary/aromatic N) is 2. The second-order valence-electron chi connectivity index (χ2n) is 6.22. The van der Waals surface area contributed by atoms with E-state index in [1.165, 1.54) is 18.3 Å². The first-order valence-corrected chi connectivity index (χ1v) is 9.43. The maximum absolute atomic E-state index is 12.2. The summed E-state index contributed by atoms with van der Waals surface area (Å²) in [6.45, 7) is 1.45. The molecule has 7 heteroatoms. The Morgan fingerprint density at radius 2 is 1.71 bits per heavy atom. The number of rotatable bonds is 6. The van der Waals surface area contributed by atoms with Crippen molar-refractivity contribution in [2.24, 2.45) is 0 Å². The van der Waals surface area contributed by atoms with Crippen LogP contribution in [0.5, 0.6) is 0 Å². The van der Waals surface area contributed by atoms with Gasteiger partial charge in [-0.3, -0.25) is 9.59 Å². The summed E-state index contributed by atoms with van der Waals surface area (Å²) in [5.74, 6) is -0.280. The van der Waals surface area contributed by atoms with Crippen molar-refractivity contribution in [1.82, 2.24) is 4.98 Å². The fourth-order valence-corrected chi connectivity index (χ4v) is 3.47. The minimum Gasteiger partial charge on any atom is -0.326 e. The van der Waals surface area contributed by atoms with Crippen LogP contribution in [0.25, 0.3) is 0 Å². The summed E-state index contributed by atoms with van der Waals surface area (Å²) in [6.07, 6.45) is 2.68. The molecule has 2 N–H and O–H groups in total. The highest BCUT2D eigenvalue weighted by atomic mass is 32.1. The number of hydrogen-bond acceptors (Lipinski definition) is 5. The van der Waals surface area contributed by atoms with E-state index in [2.05, 4.69) is 21.7 Å². The van der Waals surface area contributed by atoms with E-state index in [1.807, 2.05) is 24.3 Å². The molecule has 6 nitrogen and oxygen atoms in total. The molecule has 1 heterocycles. The lowest BCUT2D eigenvalue weighted by Crippen LogP contribution is -2.14. The standard InChI is InChI=1S/C21H18N4O2S/c1-14(26)24-18-8-6-16(7-9-18)11-20(27)25-21-23-13-19(28-21)10-15-2-4-17(12-22)5-3-15/h2-9,13H,10-11H2,1H3,(H,24,26)(H,23,25,27). The zero-order valence-corrected chi connectivity index (χ0v) is 16.0. The molecule has 0 aliphatic carbocycles. The summed E-state index contributed by atoms with van der Waals surface area (Å²) < 4.78 is 0. The number of benzene rings is 2. The number of carbonyl (C=O) groups excluding carboxylic acids is 2. The Balaban J connectivity index is 1.54. The Hall–Kier alpha value is -3.50.